The van der Waals surface area contributed by atoms with Gasteiger partial charge in [0, 0.05) is 53.1 Å². The van der Waals surface area contributed by atoms with Gasteiger partial charge in [-0.2, -0.15) is 0 Å². The largest absolute Gasteiger partial charge is 0.386 e. The maximum Gasteiger partial charge on any atom is 0.146 e. The van der Waals surface area contributed by atoms with E-state index in [1.54, 1.807) is 13.1 Å². The first-order chi connectivity index (χ1) is 12.6. The van der Waals surface area contributed by atoms with E-state index < -0.39 is 0 Å². The normalized spacial score (nSPS) is 13.9. The molecule has 1 N–H and O–H groups in total. The molecule has 1 fully saturated rings. The van der Waals surface area contributed by atoms with Crippen LogP contribution in [0.3, 0.4) is 0 Å². The average molecular weight is 483 g/mol. The molecule has 0 spiro atoms. The number of rotatable bonds is 3. The fourth-order valence-corrected chi connectivity index (χ4v) is 3.45. The molecule has 1 saturated heterocycles. The van der Waals surface area contributed by atoms with Gasteiger partial charge in [0.2, 0.25) is 0 Å². The standard InChI is InChI=1S/C19H19FIN3OS/c1-13-9-16(20)18(22-2)11-15(13)14-10-19(24-4-6-25-7-5-24)17(23-12-14)3-8-26-21/h9-12,22H,4-7H2,1-2H3. The van der Waals surface area contributed by atoms with Crippen LogP contribution in [0.25, 0.3) is 11.1 Å². The molecule has 1 aliphatic rings. The Kier molecular flexibility index (Phi) is 6.62. The molecule has 2 aromatic rings. The van der Waals surface area contributed by atoms with Crippen LogP contribution in [-0.2, 0) is 4.74 Å². The predicted molar refractivity (Wildman–Crippen MR) is 115 cm³/mol. The van der Waals surface area contributed by atoms with Crippen LogP contribution >= 0.6 is 30.1 Å². The number of nitrogens with one attached hydrogen (secondary N) is 1. The zero-order chi connectivity index (χ0) is 18.5. The monoisotopic (exact) mass is 483 g/mol. The molecule has 0 saturated carbocycles. The van der Waals surface area contributed by atoms with Crippen molar-refractivity contribution in [3.05, 3.63) is 41.5 Å². The third-order valence-corrected chi connectivity index (χ3v) is 5.16. The molecule has 4 nitrogen and oxygen atoms in total. The van der Waals surface area contributed by atoms with E-state index >= 15 is 0 Å². The van der Waals surface area contributed by atoms with E-state index in [4.69, 9.17) is 4.74 Å². The van der Waals surface area contributed by atoms with E-state index in [1.165, 1.54) is 8.93 Å². The third-order valence-electron chi connectivity index (χ3n) is 4.32. The summed E-state index contributed by atoms with van der Waals surface area (Å²) in [5, 5.41) is 5.92. The molecule has 136 valence electrons. The maximum atomic E-state index is 14.0. The van der Waals surface area contributed by atoms with Gasteiger partial charge in [-0.15, -0.1) is 0 Å². The fourth-order valence-electron chi connectivity index (χ4n) is 2.98. The molecule has 3 rings (SSSR count). The lowest BCUT2D eigenvalue weighted by molar-refractivity contribution is 0.122. The Hall–Kier alpha value is -1.50. The highest BCUT2D eigenvalue weighted by molar-refractivity contribution is 14.2. The minimum atomic E-state index is -0.253. The second-order valence-electron chi connectivity index (χ2n) is 5.89. The second-order valence-corrected chi connectivity index (χ2v) is 7.57. The van der Waals surface area contributed by atoms with Gasteiger partial charge in [0.1, 0.15) is 11.5 Å². The molecule has 1 aliphatic heterocycles. The van der Waals surface area contributed by atoms with Crippen molar-refractivity contribution in [3.63, 3.8) is 0 Å². The molecule has 1 aromatic carbocycles. The summed E-state index contributed by atoms with van der Waals surface area (Å²) in [6.45, 7) is 4.91. The molecule has 0 aliphatic carbocycles. The lowest BCUT2D eigenvalue weighted by Gasteiger charge is -2.29. The van der Waals surface area contributed by atoms with Crippen LogP contribution in [-0.4, -0.2) is 38.3 Å². The molecule has 0 radical (unpaired) electrons. The van der Waals surface area contributed by atoms with Crippen LogP contribution in [0.2, 0.25) is 0 Å². The molecule has 0 bridgehead atoms. The highest BCUT2D eigenvalue weighted by Crippen LogP contribution is 2.32. The SMILES string of the molecule is CNc1cc(-c2cnc(C#CSI)c(N3CCOCC3)c2)c(C)cc1F. The Balaban J connectivity index is 2.09. The van der Waals surface area contributed by atoms with E-state index in [1.807, 2.05) is 19.2 Å². The summed E-state index contributed by atoms with van der Waals surface area (Å²) in [5.41, 5.74) is 5.02. The Morgan fingerprint density at radius 1 is 1.31 bits per heavy atom. The summed E-state index contributed by atoms with van der Waals surface area (Å²) in [5.74, 6) is 2.87. The van der Waals surface area contributed by atoms with Crippen molar-refractivity contribution >= 4 is 41.5 Å². The van der Waals surface area contributed by atoms with E-state index in [0.29, 0.717) is 18.9 Å². The number of morpholine rings is 1. The molecular formula is C19H19FIN3OS. The van der Waals surface area contributed by atoms with Gasteiger partial charge in [0.25, 0.3) is 0 Å². The van der Waals surface area contributed by atoms with Crippen molar-refractivity contribution in [2.45, 2.75) is 6.92 Å². The fraction of sp³-hybridized carbons (Fsp3) is 0.316. The summed E-state index contributed by atoms with van der Waals surface area (Å²) in [6.07, 6.45) is 1.81. The third kappa shape index (κ3) is 4.24. The van der Waals surface area contributed by atoms with Gasteiger partial charge in [0.05, 0.1) is 24.6 Å². The van der Waals surface area contributed by atoms with E-state index in [2.05, 4.69) is 53.6 Å². The molecule has 0 amide bonds. The average Bonchev–Trinajstić information content (AvgIpc) is 2.67. The number of hydrogen-bond donors (Lipinski definition) is 1. The number of aryl methyl sites for hydroxylation is 1. The Bertz CT molecular complexity index is 860. The number of aromatic nitrogens is 1. The van der Waals surface area contributed by atoms with Crippen LogP contribution in [0, 0.1) is 23.9 Å². The van der Waals surface area contributed by atoms with Gasteiger partial charge < -0.3 is 15.0 Å². The van der Waals surface area contributed by atoms with Crippen LogP contribution < -0.4 is 10.2 Å². The lowest BCUT2D eigenvalue weighted by atomic mass is 10.00. The van der Waals surface area contributed by atoms with Crippen molar-refractivity contribution in [3.8, 4) is 22.3 Å². The van der Waals surface area contributed by atoms with Crippen molar-refractivity contribution in [2.24, 2.45) is 0 Å². The van der Waals surface area contributed by atoms with Crippen molar-refractivity contribution in [1.29, 1.82) is 0 Å². The topological polar surface area (TPSA) is 37.4 Å². The Morgan fingerprint density at radius 3 is 2.77 bits per heavy atom. The van der Waals surface area contributed by atoms with Crippen molar-refractivity contribution in [2.75, 3.05) is 43.6 Å². The van der Waals surface area contributed by atoms with Crippen LogP contribution in [0.1, 0.15) is 11.3 Å². The highest BCUT2D eigenvalue weighted by Gasteiger charge is 2.17. The Labute approximate surface area is 169 Å². The first kappa shape index (κ1) is 19.3. The zero-order valence-corrected chi connectivity index (χ0v) is 17.6. The predicted octanol–water partition coefficient (Wildman–Crippen LogP) is 4.47. The van der Waals surface area contributed by atoms with Gasteiger partial charge in [-0.25, -0.2) is 9.37 Å². The minimum absolute atomic E-state index is 0.253. The number of anilines is 2. The van der Waals surface area contributed by atoms with Crippen LogP contribution in [0.4, 0.5) is 15.8 Å². The van der Waals surface area contributed by atoms with E-state index in [9.17, 15) is 4.39 Å². The summed E-state index contributed by atoms with van der Waals surface area (Å²) in [4.78, 5) is 6.85. The van der Waals surface area contributed by atoms with Gasteiger partial charge in [0.15, 0.2) is 0 Å². The number of nitrogens with zero attached hydrogens (tertiary/aromatic N) is 2. The van der Waals surface area contributed by atoms with Gasteiger partial charge in [-0.05, 0) is 56.4 Å². The number of pyridine rings is 1. The van der Waals surface area contributed by atoms with E-state index in [-0.39, 0.29) is 5.82 Å². The molecule has 0 unspecified atom stereocenters. The number of halogens is 2. The second kappa shape index (κ2) is 8.93. The van der Waals surface area contributed by atoms with Crippen molar-refractivity contribution < 1.29 is 9.13 Å². The molecule has 26 heavy (non-hydrogen) atoms. The summed E-state index contributed by atoms with van der Waals surface area (Å²) in [7, 11) is 3.15. The lowest BCUT2D eigenvalue weighted by Crippen LogP contribution is -2.36. The van der Waals surface area contributed by atoms with E-state index in [0.717, 1.165) is 41.2 Å². The van der Waals surface area contributed by atoms with Crippen LogP contribution in [0.15, 0.2) is 24.4 Å². The molecular weight excluding hydrogens is 464 g/mol. The summed E-state index contributed by atoms with van der Waals surface area (Å²) in [6, 6.07) is 5.48. The van der Waals surface area contributed by atoms with Crippen LogP contribution in [0.5, 0.6) is 0 Å². The number of hydrogen-bond acceptors (Lipinski definition) is 5. The molecule has 1 aromatic heterocycles. The van der Waals surface area contributed by atoms with Gasteiger partial charge in [-0.1, -0.05) is 0 Å². The smallest absolute Gasteiger partial charge is 0.146 e. The van der Waals surface area contributed by atoms with Gasteiger partial charge in [-0.3, -0.25) is 0 Å². The molecule has 0 atom stereocenters. The quantitative estimate of drug-likeness (QED) is 0.516. The minimum Gasteiger partial charge on any atom is -0.386 e. The Morgan fingerprint density at radius 2 is 2.08 bits per heavy atom. The number of benzene rings is 1. The first-order valence-electron chi connectivity index (χ1n) is 8.23. The highest BCUT2D eigenvalue weighted by atomic mass is 127. The maximum absolute atomic E-state index is 14.0. The summed E-state index contributed by atoms with van der Waals surface area (Å²) >= 11 is 2.15. The van der Waals surface area contributed by atoms with Gasteiger partial charge >= 0.3 is 0 Å². The molecule has 2 heterocycles. The van der Waals surface area contributed by atoms with Crippen molar-refractivity contribution in [1.82, 2.24) is 4.98 Å². The summed E-state index contributed by atoms with van der Waals surface area (Å²) < 4.78 is 19.5. The molecule has 7 heteroatoms. The zero-order valence-electron chi connectivity index (χ0n) is 14.6. The number of ether oxygens (including phenoxy) is 1. The first-order valence-corrected chi connectivity index (χ1v) is 11.6.